The fraction of sp³-hybridized carbons (Fsp3) is 0.0714. The standard InChI is InChI=1S/C14H11ClN2O4/c15-8-9-1-3-10(4-2-9)14(19)16-12-7-11(17(20)21)5-6-13(12)18/h1-7,18H,8H2,(H,16,19). The predicted molar refractivity (Wildman–Crippen MR) is 78.7 cm³/mol. The summed E-state index contributed by atoms with van der Waals surface area (Å²) in [4.78, 5) is 22.1. The Hall–Kier alpha value is -2.60. The summed E-state index contributed by atoms with van der Waals surface area (Å²) >= 11 is 5.66. The molecule has 1 amide bonds. The minimum Gasteiger partial charge on any atom is -0.506 e. The second-order valence-corrected chi connectivity index (χ2v) is 4.51. The van der Waals surface area contributed by atoms with E-state index in [1.807, 2.05) is 0 Å². The van der Waals surface area contributed by atoms with Crippen molar-refractivity contribution in [2.75, 3.05) is 5.32 Å². The van der Waals surface area contributed by atoms with Gasteiger partial charge < -0.3 is 10.4 Å². The number of phenols is 1. The molecule has 2 rings (SSSR count). The van der Waals surface area contributed by atoms with Gasteiger partial charge in [-0.3, -0.25) is 14.9 Å². The largest absolute Gasteiger partial charge is 0.506 e. The van der Waals surface area contributed by atoms with Gasteiger partial charge in [0.25, 0.3) is 11.6 Å². The van der Waals surface area contributed by atoms with E-state index < -0.39 is 10.8 Å². The number of carbonyl (C=O) groups excluding carboxylic acids is 1. The molecule has 108 valence electrons. The van der Waals surface area contributed by atoms with Gasteiger partial charge in [0.15, 0.2) is 0 Å². The van der Waals surface area contributed by atoms with Gasteiger partial charge in [0, 0.05) is 23.6 Å². The summed E-state index contributed by atoms with van der Waals surface area (Å²) in [5, 5.41) is 22.8. The molecule has 0 aliphatic rings. The first-order valence-corrected chi connectivity index (χ1v) is 6.48. The summed E-state index contributed by atoms with van der Waals surface area (Å²) in [6.07, 6.45) is 0. The number of amides is 1. The number of benzene rings is 2. The summed E-state index contributed by atoms with van der Waals surface area (Å²) in [7, 11) is 0. The van der Waals surface area contributed by atoms with E-state index >= 15 is 0 Å². The third kappa shape index (κ3) is 3.49. The zero-order valence-corrected chi connectivity index (χ0v) is 11.5. The normalized spacial score (nSPS) is 10.1. The topological polar surface area (TPSA) is 92.5 Å². The van der Waals surface area contributed by atoms with Crippen molar-refractivity contribution in [3.8, 4) is 5.75 Å². The number of nitrogens with one attached hydrogen (secondary N) is 1. The first-order valence-electron chi connectivity index (χ1n) is 5.95. The number of rotatable bonds is 4. The van der Waals surface area contributed by atoms with Crippen LogP contribution in [0.2, 0.25) is 0 Å². The Balaban J connectivity index is 2.22. The van der Waals surface area contributed by atoms with E-state index in [-0.39, 0.29) is 17.1 Å². The number of non-ortho nitro benzene ring substituents is 1. The average molecular weight is 307 g/mol. The van der Waals surface area contributed by atoms with Gasteiger partial charge >= 0.3 is 0 Å². The third-order valence-electron chi connectivity index (χ3n) is 2.81. The first-order chi connectivity index (χ1) is 10.0. The van der Waals surface area contributed by atoms with Crippen LogP contribution in [-0.2, 0) is 5.88 Å². The van der Waals surface area contributed by atoms with Crippen LogP contribution in [0.5, 0.6) is 5.75 Å². The van der Waals surface area contributed by atoms with Crippen molar-refractivity contribution in [1.29, 1.82) is 0 Å². The Bertz CT molecular complexity index is 686. The predicted octanol–water partition coefficient (Wildman–Crippen LogP) is 3.29. The van der Waals surface area contributed by atoms with E-state index in [0.29, 0.717) is 11.4 Å². The zero-order valence-electron chi connectivity index (χ0n) is 10.7. The van der Waals surface area contributed by atoms with Crippen LogP contribution in [0.1, 0.15) is 15.9 Å². The molecule has 0 aliphatic heterocycles. The lowest BCUT2D eigenvalue weighted by Crippen LogP contribution is -2.12. The molecule has 6 nitrogen and oxygen atoms in total. The van der Waals surface area contributed by atoms with E-state index in [0.717, 1.165) is 23.8 Å². The van der Waals surface area contributed by atoms with E-state index in [1.54, 1.807) is 24.3 Å². The Morgan fingerprint density at radius 3 is 2.48 bits per heavy atom. The number of aromatic hydroxyl groups is 1. The molecule has 0 atom stereocenters. The molecule has 0 heterocycles. The maximum atomic E-state index is 12.0. The molecule has 0 unspecified atom stereocenters. The molecule has 0 saturated carbocycles. The van der Waals surface area contributed by atoms with Crippen molar-refractivity contribution < 1.29 is 14.8 Å². The molecule has 0 spiro atoms. The molecule has 0 fully saturated rings. The van der Waals surface area contributed by atoms with Gasteiger partial charge in [-0.25, -0.2) is 0 Å². The Kier molecular flexibility index (Phi) is 4.39. The second-order valence-electron chi connectivity index (χ2n) is 4.24. The summed E-state index contributed by atoms with van der Waals surface area (Å²) in [6.45, 7) is 0. The third-order valence-corrected chi connectivity index (χ3v) is 3.12. The van der Waals surface area contributed by atoms with Gasteiger partial charge in [-0.2, -0.15) is 0 Å². The van der Waals surface area contributed by atoms with E-state index in [1.165, 1.54) is 0 Å². The highest BCUT2D eigenvalue weighted by atomic mass is 35.5. The fourth-order valence-electron chi connectivity index (χ4n) is 1.68. The quantitative estimate of drug-likeness (QED) is 0.392. The van der Waals surface area contributed by atoms with Gasteiger partial charge in [-0.05, 0) is 23.8 Å². The molecule has 2 N–H and O–H groups in total. The highest BCUT2D eigenvalue weighted by Crippen LogP contribution is 2.28. The van der Waals surface area contributed by atoms with E-state index in [4.69, 9.17) is 11.6 Å². The van der Waals surface area contributed by atoms with Crippen LogP contribution in [0, 0.1) is 10.1 Å². The number of hydrogen-bond donors (Lipinski definition) is 2. The fourth-order valence-corrected chi connectivity index (χ4v) is 1.86. The van der Waals surface area contributed by atoms with Crippen LogP contribution in [0.15, 0.2) is 42.5 Å². The van der Waals surface area contributed by atoms with Crippen LogP contribution in [0.25, 0.3) is 0 Å². The van der Waals surface area contributed by atoms with Gasteiger partial charge in [0.1, 0.15) is 5.75 Å². The van der Waals surface area contributed by atoms with Crippen molar-refractivity contribution in [3.63, 3.8) is 0 Å². The number of nitrogens with zero attached hydrogens (tertiary/aromatic N) is 1. The molecule has 2 aromatic carbocycles. The molecule has 2 aromatic rings. The lowest BCUT2D eigenvalue weighted by atomic mass is 10.1. The van der Waals surface area contributed by atoms with Crippen molar-refractivity contribution in [1.82, 2.24) is 0 Å². The lowest BCUT2D eigenvalue weighted by molar-refractivity contribution is -0.384. The number of hydrogen-bond acceptors (Lipinski definition) is 4. The smallest absolute Gasteiger partial charge is 0.271 e. The molecule has 0 saturated heterocycles. The van der Waals surface area contributed by atoms with Crippen molar-refractivity contribution in [2.24, 2.45) is 0 Å². The number of carbonyl (C=O) groups is 1. The Morgan fingerprint density at radius 1 is 1.24 bits per heavy atom. The summed E-state index contributed by atoms with van der Waals surface area (Å²) in [6, 6.07) is 9.98. The van der Waals surface area contributed by atoms with Gasteiger partial charge in [-0.15, -0.1) is 11.6 Å². The number of anilines is 1. The minimum atomic E-state index is -0.607. The molecule has 0 bridgehead atoms. The average Bonchev–Trinajstić information content (AvgIpc) is 2.49. The maximum Gasteiger partial charge on any atom is 0.271 e. The molecule has 21 heavy (non-hydrogen) atoms. The molecule has 0 radical (unpaired) electrons. The molecular weight excluding hydrogens is 296 g/mol. The summed E-state index contributed by atoms with van der Waals surface area (Å²) in [5.41, 5.74) is 0.984. The SMILES string of the molecule is O=C(Nc1cc([N+](=O)[O-])ccc1O)c1ccc(CCl)cc1. The van der Waals surface area contributed by atoms with Gasteiger partial charge in [-0.1, -0.05) is 12.1 Å². The highest BCUT2D eigenvalue weighted by Gasteiger charge is 2.13. The molecule has 0 aromatic heterocycles. The van der Waals surface area contributed by atoms with Crippen LogP contribution in [0.4, 0.5) is 11.4 Å². The van der Waals surface area contributed by atoms with Gasteiger partial charge in [0.05, 0.1) is 10.6 Å². The van der Waals surface area contributed by atoms with Crippen molar-refractivity contribution >= 4 is 28.9 Å². The molecule has 7 heteroatoms. The highest BCUT2D eigenvalue weighted by molar-refractivity contribution is 6.17. The number of halogens is 1. The second kappa shape index (κ2) is 6.23. The first kappa shape index (κ1) is 14.8. The minimum absolute atomic E-state index is 0.0179. The molecule has 0 aliphatic carbocycles. The van der Waals surface area contributed by atoms with Gasteiger partial charge in [0.2, 0.25) is 0 Å². The number of nitro groups is 1. The lowest BCUT2D eigenvalue weighted by Gasteiger charge is -2.07. The maximum absolute atomic E-state index is 12.0. The molecular formula is C14H11ClN2O4. The number of alkyl halides is 1. The summed E-state index contributed by atoms with van der Waals surface area (Å²) in [5.74, 6) is -0.383. The van der Waals surface area contributed by atoms with Crippen LogP contribution in [0.3, 0.4) is 0 Å². The zero-order chi connectivity index (χ0) is 15.4. The number of nitro benzene ring substituents is 1. The van der Waals surface area contributed by atoms with Crippen molar-refractivity contribution in [3.05, 3.63) is 63.7 Å². The van der Waals surface area contributed by atoms with Crippen LogP contribution in [-0.4, -0.2) is 15.9 Å². The van der Waals surface area contributed by atoms with E-state index in [9.17, 15) is 20.0 Å². The Labute approximate surface area is 125 Å². The monoisotopic (exact) mass is 306 g/mol. The van der Waals surface area contributed by atoms with Crippen molar-refractivity contribution in [2.45, 2.75) is 5.88 Å². The van der Waals surface area contributed by atoms with Crippen LogP contribution < -0.4 is 5.32 Å². The summed E-state index contributed by atoms with van der Waals surface area (Å²) < 4.78 is 0. The van der Waals surface area contributed by atoms with Crippen LogP contribution >= 0.6 is 11.6 Å². The number of phenolic OH excluding ortho intramolecular Hbond substituents is 1. The van der Waals surface area contributed by atoms with E-state index in [2.05, 4.69) is 5.32 Å². The Morgan fingerprint density at radius 2 is 1.90 bits per heavy atom.